The highest BCUT2D eigenvalue weighted by Gasteiger charge is 2.29. The van der Waals surface area contributed by atoms with Gasteiger partial charge in [0.1, 0.15) is 5.60 Å². The van der Waals surface area contributed by atoms with Gasteiger partial charge in [-0.15, -0.1) is 0 Å². The van der Waals surface area contributed by atoms with Crippen LogP contribution in [0.3, 0.4) is 0 Å². The lowest BCUT2D eigenvalue weighted by Crippen LogP contribution is -2.44. The van der Waals surface area contributed by atoms with Gasteiger partial charge in [-0.2, -0.15) is 0 Å². The van der Waals surface area contributed by atoms with Crippen LogP contribution in [0, 0.1) is 16.0 Å². The minimum atomic E-state index is -1.39. The first kappa shape index (κ1) is 20.2. The molecule has 0 aliphatic carbocycles. The van der Waals surface area contributed by atoms with Gasteiger partial charge in [0.25, 0.3) is 5.69 Å². The zero-order valence-electron chi connectivity index (χ0n) is 16.1. The van der Waals surface area contributed by atoms with Gasteiger partial charge in [0.05, 0.1) is 26.8 Å². The maximum Gasteiger partial charge on any atom is 0.410 e. The number of piperidine rings is 1. The van der Waals surface area contributed by atoms with E-state index in [1.54, 1.807) is 4.90 Å². The van der Waals surface area contributed by atoms with Gasteiger partial charge in [0.2, 0.25) is 0 Å². The van der Waals surface area contributed by atoms with Crippen LogP contribution < -0.4 is 0 Å². The van der Waals surface area contributed by atoms with Crippen molar-refractivity contribution in [2.45, 2.75) is 44.4 Å². The number of ether oxygens (including phenoxy) is 1. The van der Waals surface area contributed by atoms with Crippen molar-refractivity contribution in [3.05, 3.63) is 28.3 Å². The van der Waals surface area contributed by atoms with E-state index in [9.17, 15) is 19.1 Å². The van der Waals surface area contributed by atoms with Crippen molar-refractivity contribution in [1.82, 2.24) is 14.9 Å². The van der Waals surface area contributed by atoms with Crippen LogP contribution in [0.15, 0.2) is 23.4 Å². The van der Waals surface area contributed by atoms with Crippen LogP contribution in [0.4, 0.5) is 10.5 Å². The summed E-state index contributed by atoms with van der Waals surface area (Å²) >= 11 is 0. The minimum absolute atomic E-state index is 0.0474. The monoisotopic (exact) mass is 408 g/mol. The number of hydrogen-bond acceptors (Lipinski definition) is 6. The molecule has 1 aliphatic heterocycles. The van der Waals surface area contributed by atoms with Crippen LogP contribution in [-0.4, -0.2) is 54.5 Å². The SMILES string of the molecule is CC(C)(C)OC(=O)N1CCC[C@@H](C[S@@](=O)c2nc3ccc([N+](=O)[O-])cc3[nH]2)C1. The van der Waals surface area contributed by atoms with Crippen LogP contribution in [0.1, 0.15) is 33.6 Å². The Hall–Kier alpha value is -2.49. The largest absolute Gasteiger partial charge is 0.444 e. The van der Waals surface area contributed by atoms with Gasteiger partial charge >= 0.3 is 6.09 Å². The van der Waals surface area contributed by atoms with Crippen LogP contribution in [0.25, 0.3) is 11.0 Å². The molecule has 9 nitrogen and oxygen atoms in total. The number of nitrogens with one attached hydrogen (secondary N) is 1. The van der Waals surface area contributed by atoms with Crippen LogP contribution in [0.2, 0.25) is 0 Å². The maximum atomic E-state index is 12.8. The third kappa shape index (κ3) is 4.86. The first-order valence-corrected chi connectivity index (χ1v) is 10.4. The summed E-state index contributed by atoms with van der Waals surface area (Å²) in [5, 5.41) is 11.2. The standard InChI is InChI=1S/C18H24N4O5S/c1-18(2,3)27-17(23)21-8-4-5-12(10-21)11-28(26)16-19-14-7-6-13(22(24)25)9-15(14)20-16/h6-7,9,12H,4-5,8,10-11H2,1-3H3,(H,19,20)/t12-,28-/m1/s1. The van der Waals surface area contributed by atoms with E-state index in [1.165, 1.54) is 18.2 Å². The number of likely N-dealkylation sites (tertiary alicyclic amines) is 1. The maximum absolute atomic E-state index is 12.8. The Kier molecular flexibility index (Phi) is 5.69. The first-order valence-electron chi connectivity index (χ1n) is 9.13. The van der Waals surface area contributed by atoms with Gasteiger partial charge in [-0.3, -0.25) is 14.3 Å². The van der Waals surface area contributed by atoms with Crippen LogP contribution in [0.5, 0.6) is 0 Å². The molecular weight excluding hydrogens is 384 g/mol. The fraction of sp³-hybridized carbons (Fsp3) is 0.556. The molecular formula is C18H24N4O5S. The summed E-state index contributed by atoms with van der Waals surface area (Å²) in [5.74, 6) is 0.436. The second kappa shape index (κ2) is 7.86. The number of benzene rings is 1. The molecule has 1 aromatic heterocycles. The number of fused-ring (bicyclic) bond motifs is 1. The predicted octanol–water partition coefficient (Wildman–Crippen LogP) is 3.23. The second-order valence-electron chi connectivity index (χ2n) is 7.95. The normalized spacial score (nSPS) is 18.8. The van der Waals surface area contributed by atoms with E-state index in [0.29, 0.717) is 35.0 Å². The fourth-order valence-electron chi connectivity index (χ4n) is 3.18. The van der Waals surface area contributed by atoms with Crippen molar-refractivity contribution in [2.75, 3.05) is 18.8 Å². The van der Waals surface area contributed by atoms with Crippen molar-refractivity contribution >= 4 is 33.6 Å². The lowest BCUT2D eigenvalue weighted by atomic mass is 10.0. The Bertz CT molecular complexity index is 920. The Morgan fingerprint density at radius 2 is 2.21 bits per heavy atom. The Labute approximate surface area is 165 Å². The summed E-state index contributed by atoms with van der Waals surface area (Å²) in [6.07, 6.45) is 1.35. The number of imidazole rings is 1. The molecule has 1 aromatic carbocycles. The van der Waals surface area contributed by atoms with Gasteiger partial charge in [-0.25, -0.2) is 9.78 Å². The Morgan fingerprint density at radius 3 is 2.89 bits per heavy atom. The molecule has 0 unspecified atom stereocenters. The molecule has 2 atom stereocenters. The molecule has 1 fully saturated rings. The average molecular weight is 408 g/mol. The van der Waals surface area contributed by atoms with Crippen LogP contribution >= 0.6 is 0 Å². The second-order valence-corrected chi connectivity index (χ2v) is 9.36. The van der Waals surface area contributed by atoms with Crippen molar-refractivity contribution in [3.8, 4) is 0 Å². The summed E-state index contributed by atoms with van der Waals surface area (Å²) in [7, 11) is -1.39. The number of non-ortho nitro benzene ring substituents is 1. The van der Waals surface area contributed by atoms with Crippen molar-refractivity contribution in [3.63, 3.8) is 0 Å². The summed E-state index contributed by atoms with van der Waals surface area (Å²) in [6, 6.07) is 4.29. The molecule has 0 bridgehead atoms. The molecule has 1 saturated heterocycles. The number of aromatic amines is 1. The molecule has 0 saturated carbocycles. The van der Waals surface area contributed by atoms with Gasteiger partial charge < -0.3 is 14.6 Å². The zero-order chi connectivity index (χ0) is 20.5. The number of H-pyrrole nitrogens is 1. The van der Waals surface area contributed by atoms with Gasteiger partial charge in [0.15, 0.2) is 5.16 Å². The number of nitro benzene ring substituents is 1. The highest BCUT2D eigenvalue weighted by atomic mass is 32.2. The number of carbonyl (C=O) groups excluding carboxylic acids is 1. The number of carbonyl (C=O) groups is 1. The third-order valence-corrected chi connectivity index (χ3v) is 5.83. The smallest absolute Gasteiger partial charge is 0.410 e. The fourth-order valence-corrected chi connectivity index (χ4v) is 4.46. The minimum Gasteiger partial charge on any atom is -0.444 e. The number of amides is 1. The number of hydrogen-bond donors (Lipinski definition) is 1. The Morgan fingerprint density at radius 1 is 1.46 bits per heavy atom. The summed E-state index contributed by atoms with van der Waals surface area (Å²) in [5.41, 5.74) is 0.419. The quantitative estimate of drug-likeness (QED) is 0.613. The predicted molar refractivity (Wildman–Crippen MR) is 105 cm³/mol. The molecule has 0 spiro atoms. The van der Waals surface area contributed by atoms with Crippen molar-refractivity contribution in [1.29, 1.82) is 0 Å². The van der Waals surface area contributed by atoms with E-state index < -0.39 is 21.3 Å². The molecule has 152 valence electrons. The number of nitrogens with zero attached hydrogens (tertiary/aromatic N) is 3. The topological polar surface area (TPSA) is 118 Å². The van der Waals surface area contributed by atoms with E-state index in [0.717, 1.165) is 12.8 Å². The van der Waals surface area contributed by atoms with Crippen LogP contribution in [-0.2, 0) is 15.5 Å². The summed E-state index contributed by atoms with van der Waals surface area (Å²) in [4.78, 5) is 31.6. The summed E-state index contributed by atoms with van der Waals surface area (Å²) < 4.78 is 18.2. The van der Waals surface area contributed by atoms with E-state index in [4.69, 9.17) is 4.74 Å². The molecule has 1 aliphatic rings. The first-order chi connectivity index (χ1) is 13.1. The number of nitro groups is 1. The van der Waals surface area contributed by atoms with E-state index >= 15 is 0 Å². The third-order valence-electron chi connectivity index (χ3n) is 4.43. The van der Waals surface area contributed by atoms with Gasteiger partial charge in [-0.05, 0) is 45.6 Å². The number of aromatic nitrogens is 2. The highest BCUT2D eigenvalue weighted by Crippen LogP contribution is 2.23. The van der Waals surface area contributed by atoms with Crippen molar-refractivity contribution < 1.29 is 18.7 Å². The summed E-state index contributed by atoms with van der Waals surface area (Å²) in [6.45, 7) is 6.60. The molecule has 1 N–H and O–H groups in total. The molecule has 2 aromatic rings. The number of rotatable bonds is 4. The zero-order valence-corrected chi connectivity index (χ0v) is 17.0. The van der Waals surface area contributed by atoms with E-state index in [-0.39, 0.29) is 17.7 Å². The molecule has 1 amide bonds. The molecule has 2 heterocycles. The Balaban J connectivity index is 1.66. The molecule has 3 rings (SSSR count). The molecule has 0 radical (unpaired) electrons. The lowest BCUT2D eigenvalue weighted by Gasteiger charge is -2.33. The lowest BCUT2D eigenvalue weighted by molar-refractivity contribution is -0.384. The average Bonchev–Trinajstić information content (AvgIpc) is 3.04. The van der Waals surface area contributed by atoms with Gasteiger partial charge in [0, 0.05) is 31.0 Å². The van der Waals surface area contributed by atoms with E-state index in [2.05, 4.69) is 9.97 Å². The molecule has 10 heteroatoms. The van der Waals surface area contributed by atoms with E-state index in [1.807, 2.05) is 20.8 Å². The van der Waals surface area contributed by atoms with Crippen molar-refractivity contribution in [2.24, 2.45) is 5.92 Å². The van der Waals surface area contributed by atoms with Gasteiger partial charge in [-0.1, -0.05) is 0 Å². The highest BCUT2D eigenvalue weighted by molar-refractivity contribution is 7.84. The molecule has 28 heavy (non-hydrogen) atoms.